The van der Waals surface area contributed by atoms with Gasteiger partial charge in [0.2, 0.25) is 5.91 Å². The molecule has 0 saturated heterocycles. The van der Waals surface area contributed by atoms with E-state index in [-0.39, 0.29) is 23.9 Å². The number of para-hydroxylation sites is 2. The standard InChI is InChI=1S/C25H25N3O2/c1-17-13-14-20(16-26-17)25(30)27-18(2)15-24(22-11-7-8-12-23(22)27)28(19(3)29)21-9-5-4-6-10-21/h4-14,16,18,24H,15H2,1-3H3. The van der Waals surface area contributed by atoms with Crippen LogP contribution in [0.1, 0.15) is 47.9 Å². The van der Waals surface area contributed by atoms with Crippen LogP contribution in [-0.2, 0) is 4.79 Å². The molecule has 2 atom stereocenters. The molecule has 0 spiro atoms. The number of hydrogen-bond acceptors (Lipinski definition) is 3. The predicted molar refractivity (Wildman–Crippen MR) is 119 cm³/mol. The molecule has 0 radical (unpaired) electrons. The first-order valence-corrected chi connectivity index (χ1v) is 10.2. The SMILES string of the molecule is CC(=O)N(c1ccccc1)C1CC(C)N(C(=O)c2ccc(C)nc2)c2ccccc21. The molecule has 4 rings (SSSR count). The van der Waals surface area contributed by atoms with Gasteiger partial charge in [0, 0.05) is 36.2 Å². The minimum atomic E-state index is -0.142. The van der Waals surface area contributed by atoms with Crippen molar-refractivity contribution in [1.29, 1.82) is 0 Å². The molecule has 0 N–H and O–H groups in total. The lowest BCUT2D eigenvalue weighted by Gasteiger charge is -2.43. The summed E-state index contributed by atoms with van der Waals surface area (Å²) in [5, 5.41) is 0. The predicted octanol–water partition coefficient (Wildman–Crippen LogP) is 4.92. The van der Waals surface area contributed by atoms with Crippen LogP contribution >= 0.6 is 0 Å². The minimum Gasteiger partial charge on any atom is -0.305 e. The number of nitrogens with zero attached hydrogens (tertiary/aromatic N) is 3. The second kappa shape index (κ2) is 8.11. The molecular weight excluding hydrogens is 374 g/mol. The van der Waals surface area contributed by atoms with E-state index in [2.05, 4.69) is 4.98 Å². The summed E-state index contributed by atoms with van der Waals surface area (Å²) >= 11 is 0. The molecule has 2 aromatic carbocycles. The number of pyridine rings is 1. The number of rotatable bonds is 3. The molecule has 0 fully saturated rings. The lowest BCUT2D eigenvalue weighted by molar-refractivity contribution is -0.117. The van der Waals surface area contributed by atoms with Crippen LogP contribution in [0, 0.1) is 6.92 Å². The maximum Gasteiger partial charge on any atom is 0.260 e. The van der Waals surface area contributed by atoms with Gasteiger partial charge in [-0.3, -0.25) is 14.6 Å². The highest BCUT2D eigenvalue weighted by Gasteiger charge is 2.38. The Morgan fingerprint density at radius 1 is 1.00 bits per heavy atom. The Bertz CT molecular complexity index is 1060. The third-order valence-corrected chi connectivity index (χ3v) is 5.62. The molecule has 1 aliphatic rings. The van der Waals surface area contributed by atoms with E-state index in [1.165, 1.54) is 0 Å². The summed E-state index contributed by atoms with van der Waals surface area (Å²) in [7, 11) is 0. The third-order valence-electron chi connectivity index (χ3n) is 5.62. The lowest BCUT2D eigenvalue weighted by Crippen LogP contribution is -2.47. The van der Waals surface area contributed by atoms with Crippen LogP contribution in [0.25, 0.3) is 0 Å². The van der Waals surface area contributed by atoms with Crippen LogP contribution in [-0.4, -0.2) is 22.8 Å². The van der Waals surface area contributed by atoms with Crippen molar-refractivity contribution in [3.8, 4) is 0 Å². The van der Waals surface area contributed by atoms with Crippen molar-refractivity contribution >= 4 is 23.2 Å². The first-order valence-electron chi connectivity index (χ1n) is 10.2. The van der Waals surface area contributed by atoms with Crippen molar-refractivity contribution in [1.82, 2.24) is 4.98 Å². The highest BCUT2D eigenvalue weighted by molar-refractivity contribution is 6.07. The third kappa shape index (κ3) is 3.59. The summed E-state index contributed by atoms with van der Waals surface area (Å²) in [6, 6.07) is 21.0. The maximum absolute atomic E-state index is 13.4. The molecule has 152 valence electrons. The molecule has 0 saturated carbocycles. The van der Waals surface area contributed by atoms with E-state index in [0.717, 1.165) is 22.6 Å². The molecule has 0 bridgehead atoms. The van der Waals surface area contributed by atoms with Gasteiger partial charge in [-0.05, 0) is 56.2 Å². The molecule has 0 aliphatic carbocycles. The number of anilines is 2. The molecule has 3 aromatic rings. The van der Waals surface area contributed by atoms with Crippen molar-refractivity contribution < 1.29 is 9.59 Å². The van der Waals surface area contributed by atoms with Gasteiger partial charge in [-0.25, -0.2) is 0 Å². The Morgan fingerprint density at radius 2 is 1.70 bits per heavy atom. The summed E-state index contributed by atoms with van der Waals surface area (Å²) in [5.41, 5.74) is 4.11. The molecule has 30 heavy (non-hydrogen) atoms. The fraction of sp³-hybridized carbons (Fsp3) is 0.240. The zero-order valence-corrected chi connectivity index (χ0v) is 17.4. The monoisotopic (exact) mass is 399 g/mol. The summed E-state index contributed by atoms with van der Waals surface area (Å²) in [5.74, 6) is -0.0919. The number of carbonyl (C=O) groups is 2. The number of aromatic nitrogens is 1. The van der Waals surface area contributed by atoms with E-state index in [9.17, 15) is 9.59 Å². The summed E-state index contributed by atoms with van der Waals surface area (Å²) in [6.45, 7) is 5.53. The van der Waals surface area contributed by atoms with Crippen LogP contribution in [0.2, 0.25) is 0 Å². The number of carbonyl (C=O) groups excluding carboxylic acids is 2. The Morgan fingerprint density at radius 3 is 2.37 bits per heavy atom. The van der Waals surface area contributed by atoms with Gasteiger partial charge in [0.1, 0.15) is 0 Å². The molecule has 5 nitrogen and oxygen atoms in total. The number of fused-ring (bicyclic) bond motifs is 1. The summed E-state index contributed by atoms with van der Waals surface area (Å²) in [6.07, 6.45) is 2.28. The molecule has 1 aliphatic heterocycles. The van der Waals surface area contributed by atoms with Gasteiger partial charge < -0.3 is 9.80 Å². The average Bonchev–Trinajstić information content (AvgIpc) is 2.74. The van der Waals surface area contributed by atoms with Gasteiger partial charge in [-0.2, -0.15) is 0 Å². The van der Waals surface area contributed by atoms with E-state index in [4.69, 9.17) is 0 Å². The van der Waals surface area contributed by atoms with Gasteiger partial charge >= 0.3 is 0 Å². The van der Waals surface area contributed by atoms with Crippen molar-refractivity contribution in [3.63, 3.8) is 0 Å². The van der Waals surface area contributed by atoms with E-state index in [1.54, 1.807) is 13.1 Å². The van der Waals surface area contributed by atoms with E-state index in [0.29, 0.717) is 12.0 Å². The fourth-order valence-corrected chi connectivity index (χ4v) is 4.24. The topological polar surface area (TPSA) is 53.5 Å². The number of hydrogen-bond donors (Lipinski definition) is 0. The number of benzene rings is 2. The van der Waals surface area contributed by atoms with Crippen molar-refractivity contribution in [2.24, 2.45) is 0 Å². The molecular formula is C25H25N3O2. The first kappa shape index (κ1) is 19.8. The molecule has 2 amide bonds. The van der Waals surface area contributed by atoms with Gasteiger partial charge in [0.25, 0.3) is 5.91 Å². The largest absolute Gasteiger partial charge is 0.305 e. The Hall–Kier alpha value is -3.47. The summed E-state index contributed by atoms with van der Waals surface area (Å²) in [4.78, 5) is 34.0. The van der Waals surface area contributed by atoms with E-state index in [1.807, 2.05) is 90.4 Å². The van der Waals surface area contributed by atoms with Crippen LogP contribution in [0.5, 0.6) is 0 Å². The van der Waals surface area contributed by atoms with Crippen molar-refractivity contribution in [2.45, 2.75) is 39.3 Å². The van der Waals surface area contributed by atoms with E-state index >= 15 is 0 Å². The minimum absolute atomic E-state index is 0.0179. The normalized spacial score (nSPS) is 17.9. The lowest BCUT2D eigenvalue weighted by atomic mass is 9.89. The number of aryl methyl sites for hydroxylation is 1. The smallest absolute Gasteiger partial charge is 0.260 e. The second-order valence-electron chi connectivity index (χ2n) is 7.75. The van der Waals surface area contributed by atoms with Crippen molar-refractivity contribution in [3.05, 3.63) is 89.7 Å². The highest BCUT2D eigenvalue weighted by Crippen LogP contribution is 2.42. The van der Waals surface area contributed by atoms with Crippen LogP contribution in [0.4, 0.5) is 11.4 Å². The van der Waals surface area contributed by atoms with Gasteiger partial charge in [0.15, 0.2) is 0 Å². The molecule has 2 unspecified atom stereocenters. The number of amides is 2. The zero-order chi connectivity index (χ0) is 21.3. The first-order chi connectivity index (χ1) is 14.5. The zero-order valence-electron chi connectivity index (χ0n) is 17.4. The Balaban J connectivity index is 1.77. The van der Waals surface area contributed by atoms with Gasteiger partial charge in [-0.1, -0.05) is 36.4 Å². The highest BCUT2D eigenvalue weighted by atomic mass is 16.2. The Labute approximate surface area is 177 Å². The van der Waals surface area contributed by atoms with Gasteiger partial charge in [0.05, 0.1) is 11.6 Å². The average molecular weight is 399 g/mol. The van der Waals surface area contributed by atoms with Crippen molar-refractivity contribution in [2.75, 3.05) is 9.80 Å². The van der Waals surface area contributed by atoms with Crippen LogP contribution in [0.15, 0.2) is 72.9 Å². The second-order valence-corrected chi connectivity index (χ2v) is 7.75. The maximum atomic E-state index is 13.4. The van der Waals surface area contributed by atoms with Crippen LogP contribution in [0.3, 0.4) is 0 Å². The Kier molecular flexibility index (Phi) is 5.36. The summed E-state index contributed by atoms with van der Waals surface area (Å²) < 4.78 is 0. The van der Waals surface area contributed by atoms with Gasteiger partial charge in [-0.15, -0.1) is 0 Å². The quantitative estimate of drug-likeness (QED) is 0.628. The molecule has 1 aromatic heterocycles. The molecule has 5 heteroatoms. The van der Waals surface area contributed by atoms with Crippen LogP contribution < -0.4 is 9.80 Å². The molecule has 2 heterocycles. The van der Waals surface area contributed by atoms with E-state index < -0.39 is 0 Å². The fourth-order valence-electron chi connectivity index (χ4n) is 4.24.